The van der Waals surface area contributed by atoms with Gasteiger partial charge in [0.25, 0.3) is 0 Å². The van der Waals surface area contributed by atoms with Crippen LogP contribution in [0.4, 0.5) is 0 Å². The summed E-state index contributed by atoms with van der Waals surface area (Å²) in [7, 11) is 0. The van der Waals surface area contributed by atoms with Crippen LogP contribution in [0.3, 0.4) is 0 Å². The van der Waals surface area contributed by atoms with Gasteiger partial charge in [0.15, 0.2) is 0 Å². The minimum atomic E-state index is -0.328. The molecule has 70 valence electrons. The number of carbonyl (C=O) groups excluding carboxylic acids is 1. The summed E-state index contributed by atoms with van der Waals surface area (Å²) in [5.74, 6) is 5.21. The number of hydrogen-bond acceptors (Lipinski definition) is 6. The molecule has 0 aromatic heterocycles. The summed E-state index contributed by atoms with van der Waals surface area (Å²) in [6.45, 7) is 1.60. The van der Waals surface area contributed by atoms with Crippen molar-refractivity contribution >= 4 is 17.7 Å². The zero-order valence-electron chi connectivity index (χ0n) is 6.62. The van der Waals surface area contributed by atoms with Gasteiger partial charge in [-0.1, -0.05) is 5.59 Å². The first-order valence-corrected chi connectivity index (χ1v) is 4.72. The molecule has 0 aromatic rings. The van der Waals surface area contributed by atoms with Crippen molar-refractivity contribution in [2.24, 2.45) is 5.84 Å². The smallest absolute Gasteiger partial charge is 0.327 e. The molecule has 0 aromatic carbocycles. The Morgan fingerprint density at radius 1 is 1.75 bits per heavy atom. The molecule has 12 heavy (non-hydrogen) atoms. The minimum Gasteiger partial charge on any atom is -0.379 e. The molecule has 1 heterocycles. The van der Waals surface area contributed by atoms with E-state index in [4.69, 9.17) is 10.6 Å². The average molecular weight is 192 g/mol. The zero-order valence-corrected chi connectivity index (χ0v) is 7.43. The Labute approximate surface area is 74.9 Å². The Morgan fingerprint density at radius 2 is 2.50 bits per heavy atom. The van der Waals surface area contributed by atoms with Gasteiger partial charge in [-0.25, -0.2) is 5.84 Å². The Kier molecular flexibility index (Phi) is 4.37. The van der Waals surface area contributed by atoms with Crippen LogP contribution < -0.4 is 11.4 Å². The van der Waals surface area contributed by atoms with Crippen molar-refractivity contribution in [3.63, 3.8) is 0 Å². The molecule has 0 atom stereocenters. The number of carbonyl (C=O) groups is 1. The Morgan fingerprint density at radius 3 is 3.00 bits per heavy atom. The Balaban J connectivity index is 1.90. The minimum absolute atomic E-state index is 0.328. The molecule has 0 spiro atoms. The molecular weight excluding hydrogens is 180 g/mol. The van der Waals surface area contributed by atoms with Crippen molar-refractivity contribution in [1.29, 1.82) is 0 Å². The summed E-state index contributed by atoms with van der Waals surface area (Å²) in [6, 6.07) is 0. The molecule has 0 amide bonds. The summed E-state index contributed by atoms with van der Waals surface area (Å²) in [5.41, 5.74) is 1.85. The van der Waals surface area contributed by atoms with Crippen molar-refractivity contribution in [1.82, 2.24) is 5.59 Å². The molecule has 0 saturated carbocycles. The van der Waals surface area contributed by atoms with E-state index in [-0.39, 0.29) is 5.97 Å². The van der Waals surface area contributed by atoms with Gasteiger partial charge in [0.2, 0.25) is 0 Å². The number of thioether (sulfide) groups is 1. The monoisotopic (exact) mass is 192 g/mol. The predicted octanol–water partition coefficient (Wildman–Crippen LogP) is -0.570. The lowest BCUT2D eigenvalue weighted by Crippen LogP contribution is -2.31. The zero-order chi connectivity index (χ0) is 8.81. The highest BCUT2D eigenvalue weighted by atomic mass is 32.2. The number of hydrogen-bond donors (Lipinski definition) is 2. The molecule has 1 saturated heterocycles. The van der Waals surface area contributed by atoms with Crippen molar-refractivity contribution < 1.29 is 14.4 Å². The summed E-state index contributed by atoms with van der Waals surface area (Å²) >= 11 is 1.72. The Bertz CT molecular complexity index is 152. The highest BCUT2D eigenvalue weighted by Crippen LogP contribution is 2.19. The second-order valence-electron chi connectivity index (χ2n) is 2.37. The average Bonchev–Trinajstić information content (AvgIpc) is 1.95. The van der Waals surface area contributed by atoms with Crippen LogP contribution in [0.15, 0.2) is 0 Å². The lowest BCUT2D eigenvalue weighted by molar-refractivity contribution is -0.150. The molecule has 0 aliphatic carbocycles. The van der Waals surface area contributed by atoms with E-state index in [1.807, 2.05) is 5.59 Å². The Hall–Kier alpha value is -0.300. The van der Waals surface area contributed by atoms with Crippen LogP contribution in [0.2, 0.25) is 0 Å². The quantitative estimate of drug-likeness (QED) is 0.449. The fraction of sp³-hybridized carbons (Fsp3) is 0.833. The van der Waals surface area contributed by atoms with Crippen molar-refractivity contribution in [3.8, 4) is 0 Å². The maximum atomic E-state index is 10.7. The third kappa shape index (κ3) is 3.40. The highest BCUT2D eigenvalue weighted by Gasteiger charge is 2.18. The molecule has 3 N–H and O–H groups in total. The molecular formula is C6H12N2O3S. The van der Waals surface area contributed by atoms with E-state index >= 15 is 0 Å². The van der Waals surface area contributed by atoms with Gasteiger partial charge in [0.1, 0.15) is 0 Å². The molecule has 1 aliphatic rings. The van der Waals surface area contributed by atoms with Gasteiger partial charge < -0.3 is 9.57 Å². The van der Waals surface area contributed by atoms with Crippen LogP contribution in [-0.4, -0.2) is 30.2 Å². The van der Waals surface area contributed by atoms with Crippen LogP contribution in [0.25, 0.3) is 0 Å². The standard InChI is InChI=1S/C6H12N2O3S/c7-8-11-6(9)1-2-12-5-3-10-4-5/h5,8H,1-4,7H2. The third-order valence-electron chi connectivity index (χ3n) is 1.44. The van der Waals surface area contributed by atoms with Gasteiger partial charge >= 0.3 is 5.97 Å². The van der Waals surface area contributed by atoms with E-state index in [1.165, 1.54) is 0 Å². The van der Waals surface area contributed by atoms with Crippen LogP contribution >= 0.6 is 11.8 Å². The van der Waals surface area contributed by atoms with Gasteiger partial charge in [0.05, 0.1) is 24.9 Å². The highest BCUT2D eigenvalue weighted by molar-refractivity contribution is 8.00. The van der Waals surface area contributed by atoms with Gasteiger partial charge in [0, 0.05) is 5.75 Å². The van der Waals surface area contributed by atoms with Crippen LogP contribution in [0.5, 0.6) is 0 Å². The molecule has 0 radical (unpaired) electrons. The molecule has 5 nitrogen and oxygen atoms in total. The molecule has 1 rings (SSSR count). The predicted molar refractivity (Wildman–Crippen MR) is 45.1 cm³/mol. The van der Waals surface area contributed by atoms with Gasteiger partial charge in [-0.05, 0) is 0 Å². The summed E-state index contributed by atoms with van der Waals surface area (Å²) < 4.78 is 4.97. The normalized spacial score (nSPS) is 17.1. The van der Waals surface area contributed by atoms with E-state index in [0.717, 1.165) is 19.0 Å². The number of rotatable bonds is 5. The maximum absolute atomic E-state index is 10.7. The second kappa shape index (κ2) is 5.36. The topological polar surface area (TPSA) is 73.6 Å². The molecule has 6 heteroatoms. The van der Waals surface area contributed by atoms with Crippen molar-refractivity contribution in [3.05, 3.63) is 0 Å². The third-order valence-corrected chi connectivity index (χ3v) is 2.62. The van der Waals surface area contributed by atoms with E-state index in [2.05, 4.69) is 4.84 Å². The van der Waals surface area contributed by atoms with Crippen LogP contribution in [-0.2, 0) is 14.4 Å². The fourth-order valence-electron chi connectivity index (χ4n) is 0.736. The van der Waals surface area contributed by atoms with Crippen molar-refractivity contribution in [2.75, 3.05) is 19.0 Å². The number of nitrogens with one attached hydrogen (secondary N) is 1. The number of ether oxygens (including phenoxy) is 1. The summed E-state index contributed by atoms with van der Waals surface area (Å²) in [5, 5.41) is 0.559. The fourth-order valence-corrected chi connectivity index (χ4v) is 1.74. The maximum Gasteiger partial charge on any atom is 0.327 e. The van der Waals surface area contributed by atoms with E-state index < -0.39 is 0 Å². The molecule has 1 fully saturated rings. The van der Waals surface area contributed by atoms with Gasteiger partial charge in [-0.15, -0.1) is 0 Å². The lowest BCUT2D eigenvalue weighted by atomic mass is 10.4. The van der Waals surface area contributed by atoms with E-state index in [9.17, 15) is 4.79 Å². The number of nitrogens with two attached hydrogens (primary N) is 1. The van der Waals surface area contributed by atoms with Crippen LogP contribution in [0, 0.1) is 0 Å². The van der Waals surface area contributed by atoms with E-state index in [1.54, 1.807) is 11.8 Å². The molecule has 0 bridgehead atoms. The van der Waals surface area contributed by atoms with Crippen molar-refractivity contribution in [2.45, 2.75) is 11.7 Å². The van der Waals surface area contributed by atoms with Gasteiger partial charge in [-0.2, -0.15) is 11.8 Å². The largest absolute Gasteiger partial charge is 0.379 e. The summed E-state index contributed by atoms with van der Waals surface area (Å²) in [6.07, 6.45) is 0.380. The SMILES string of the molecule is NNOC(=O)CCSC1COC1. The first-order chi connectivity index (χ1) is 5.83. The second-order valence-corrected chi connectivity index (χ2v) is 3.78. The first-order valence-electron chi connectivity index (χ1n) is 3.67. The van der Waals surface area contributed by atoms with E-state index in [0.29, 0.717) is 11.7 Å². The molecule has 0 unspecified atom stereocenters. The van der Waals surface area contributed by atoms with Gasteiger partial charge in [-0.3, -0.25) is 4.79 Å². The lowest BCUT2D eigenvalue weighted by Gasteiger charge is -2.24. The van der Waals surface area contributed by atoms with Crippen LogP contribution in [0.1, 0.15) is 6.42 Å². The molecule has 1 aliphatic heterocycles. The first kappa shape index (κ1) is 9.79. The summed E-state index contributed by atoms with van der Waals surface area (Å²) in [4.78, 5) is 15.0. The number of hydrazine groups is 1.